The Labute approximate surface area is 261 Å². The topological polar surface area (TPSA) is 123 Å². The van der Waals surface area contributed by atoms with Crippen LogP contribution in [-0.4, -0.2) is 70.1 Å². The first-order valence-corrected chi connectivity index (χ1v) is 14.9. The summed E-state index contributed by atoms with van der Waals surface area (Å²) in [5.74, 6) is -0.761. The van der Waals surface area contributed by atoms with E-state index in [0.717, 1.165) is 16.5 Å². The predicted octanol–water partition coefficient (Wildman–Crippen LogP) is 5.05. The number of carbonyl (C=O) groups excluding carboxylic acids is 2. The molecule has 0 aliphatic carbocycles. The first-order valence-electron chi connectivity index (χ1n) is 14.9. The van der Waals surface area contributed by atoms with Gasteiger partial charge in [-0.1, -0.05) is 19.9 Å². The molecule has 1 fully saturated rings. The molecule has 1 aliphatic heterocycles. The second-order valence-electron chi connectivity index (χ2n) is 12.5. The summed E-state index contributed by atoms with van der Waals surface area (Å²) in [6, 6.07) is 14.4. The van der Waals surface area contributed by atoms with Crippen molar-refractivity contribution in [2.75, 3.05) is 32.2 Å². The van der Waals surface area contributed by atoms with Crippen molar-refractivity contribution < 1.29 is 28.2 Å². The number of nitrogens with one attached hydrogen (secondary N) is 1. The largest absolute Gasteiger partial charge is 0.496 e. The summed E-state index contributed by atoms with van der Waals surface area (Å²) in [7, 11) is 1.49. The molecule has 11 heteroatoms. The Balaban J connectivity index is 1.40. The summed E-state index contributed by atoms with van der Waals surface area (Å²) in [4.78, 5) is 26.7. The van der Waals surface area contributed by atoms with Gasteiger partial charge < -0.3 is 25.8 Å². The smallest absolute Gasteiger partial charge is 0.254 e. The molecule has 238 valence electrons. The van der Waals surface area contributed by atoms with Crippen LogP contribution in [0.15, 0.2) is 60.8 Å². The van der Waals surface area contributed by atoms with E-state index in [2.05, 4.69) is 10.4 Å². The monoisotopic (exact) mass is 619 g/mol. The van der Waals surface area contributed by atoms with Crippen molar-refractivity contribution >= 4 is 28.4 Å². The number of amides is 2. The number of ether oxygens (including phenoxy) is 1. The maximum Gasteiger partial charge on any atom is 0.254 e. The van der Waals surface area contributed by atoms with Crippen LogP contribution < -0.4 is 15.8 Å². The first kappa shape index (κ1) is 31.9. The molecule has 2 heterocycles. The molecule has 1 unspecified atom stereocenters. The highest BCUT2D eigenvalue weighted by molar-refractivity contribution is 5.98. The number of nitrogens with zero attached hydrogens (tertiary/aromatic N) is 3. The lowest BCUT2D eigenvalue weighted by Crippen LogP contribution is -2.44. The third-order valence-corrected chi connectivity index (χ3v) is 8.53. The van der Waals surface area contributed by atoms with Crippen molar-refractivity contribution in [1.82, 2.24) is 14.7 Å². The zero-order chi connectivity index (χ0) is 32.5. The van der Waals surface area contributed by atoms with Crippen molar-refractivity contribution in [2.45, 2.75) is 57.1 Å². The Bertz CT molecular complexity index is 1740. The molecule has 0 spiro atoms. The molecule has 0 saturated carbocycles. The zero-order valence-corrected chi connectivity index (χ0v) is 25.9. The molecule has 45 heavy (non-hydrogen) atoms. The highest BCUT2D eigenvalue weighted by Gasteiger charge is 2.38. The lowest BCUT2D eigenvalue weighted by Gasteiger charge is -2.36. The van der Waals surface area contributed by atoms with Crippen molar-refractivity contribution in [1.29, 1.82) is 0 Å². The van der Waals surface area contributed by atoms with E-state index in [9.17, 15) is 23.5 Å². The Hall–Kier alpha value is -4.51. The molecule has 9 nitrogen and oxygen atoms in total. The van der Waals surface area contributed by atoms with Gasteiger partial charge in [0, 0.05) is 35.3 Å². The fourth-order valence-electron chi connectivity index (χ4n) is 6.40. The Morgan fingerprint density at radius 2 is 1.96 bits per heavy atom. The predicted molar refractivity (Wildman–Crippen MR) is 169 cm³/mol. The van der Waals surface area contributed by atoms with Gasteiger partial charge in [-0.2, -0.15) is 5.10 Å². The number of likely N-dealkylation sites (tertiary alicyclic amines) is 1. The molecule has 1 aliphatic rings. The number of aryl methyl sites for hydroxylation is 1. The van der Waals surface area contributed by atoms with Crippen molar-refractivity contribution in [3.05, 3.63) is 83.3 Å². The van der Waals surface area contributed by atoms with E-state index in [0.29, 0.717) is 47.6 Å². The highest BCUT2D eigenvalue weighted by Crippen LogP contribution is 2.39. The van der Waals surface area contributed by atoms with Crippen LogP contribution in [0.3, 0.4) is 0 Å². The van der Waals surface area contributed by atoms with Gasteiger partial charge in [0.05, 0.1) is 24.5 Å². The minimum atomic E-state index is -1.78. The van der Waals surface area contributed by atoms with Crippen molar-refractivity contribution in [3.63, 3.8) is 0 Å². The van der Waals surface area contributed by atoms with E-state index < -0.39 is 35.5 Å². The third-order valence-electron chi connectivity index (χ3n) is 8.53. The van der Waals surface area contributed by atoms with Crippen LogP contribution in [0, 0.1) is 12.7 Å². The van der Waals surface area contributed by atoms with E-state index >= 15 is 0 Å². The van der Waals surface area contributed by atoms with Gasteiger partial charge in [0.15, 0.2) is 0 Å². The maximum absolute atomic E-state index is 14.5. The molecular weight excluding hydrogens is 580 g/mol. The van der Waals surface area contributed by atoms with Gasteiger partial charge in [0.2, 0.25) is 5.91 Å². The van der Waals surface area contributed by atoms with Crippen LogP contribution in [0.4, 0.5) is 14.5 Å². The summed E-state index contributed by atoms with van der Waals surface area (Å²) in [6.07, 6.45) is 2.93. The fourth-order valence-corrected chi connectivity index (χ4v) is 6.40. The van der Waals surface area contributed by atoms with E-state index in [-0.39, 0.29) is 18.9 Å². The van der Waals surface area contributed by atoms with Crippen LogP contribution in [0.5, 0.6) is 5.75 Å². The third kappa shape index (κ3) is 6.49. The number of hydrogen-bond acceptors (Lipinski definition) is 6. The minimum absolute atomic E-state index is 0.00795. The lowest BCUT2D eigenvalue weighted by molar-refractivity contribution is -0.121. The maximum atomic E-state index is 14.5. The number of nitrogens with two attached hydrogens (primary N) is 1. The number of primary amides is 1. The number of anilines is 1. The quantitative estimate of drug-likeness (QED) is 0.216. The number of carbonyl (C=O) groups is 2. The van der Waals surface area contributed by atoms with Crippen LogP contribution >= 0.6 is 0 Å². The number of fused-ring (bicyclic) bond motifs is 1. The summed E-state index contributed by atoms with van der Waals surface area (Å²) >= 11 is 0. The Morgan fingerprint density at radius 3 is 2.67 bits per heavy atom. The number of aromatic nitrogens is 2. The molecule has 3 aromatic carbocycles. The van der Waals surface area contributed by atoms with Gasteiger partial charge in [-0.3, -0.25) is 9.59 Å². The van der Waals surface area contributed by atoms with Gasteiger partial charge in [-0.15, -0.1) is 0 Å². The summed E-state index contributed by atoms with van der Waals surface area (Å²) < 4.78 is 35.8. The lowest BCUT2D eigenvalue weighted by atomic mass is 9.75. The number of alkyl halides is 1. The van der Waals surface area contributed by atoms with Gasteiger partial charge in [0.25, 0.3) is 5.91 Å². The van der Waals surface area contributed by atoms with E-state index in [4.69, 9.17) is 10.5 Å². The normalized spacial score (nSPS) is 16.5. The Morgan fingerprint density at radius 1 is 1.18 bits per heavy atom. The van der Waals surface area contributed by atoms with E-state index in [1.165, 1.54) is 30.2 Å². The number of methoxy groups -OCH3 is 1. The number of rotatable bonds is 11. The van der Waals surface area contributed by atoms with Gasteiger partial charge in [-0.25, -0.2) is 13.5 Å². The standard InChI is InChI=1S/C34H39F2N5O4/c1-21-13-27(38-20-34(44,19-35)18-33(2,3)26-16-23(36)10-11-30(26)45-4)25-17-39-41(29(25)14-21)24-8-5-7-22(15-24)32(43)40-12-6-9-28(40)31(37)42/h5,7-8,10-11,13-17,28,38,44H,6,9,12,18-20H2,1-4H3,(H2,37,42)/t28-,34?/m1/s1. The SMILES string of the molecule is COc1ccc(F)cc1C(C)(C)CC(O)(CF)CNc1cc(C)cc2c1cnn2-c1cccc(C(=O)N2CCC[C@@H]2C(N)=O)c1. The molecule has 4 N–H and O–H groups in total. The summed E-state index contributed by atoms with van der Waals surface area (Å²) in [5, 5.41) is 20.0. The molecule has 5 rings (SSSR count). The molecule has 2 atom stereocenters. The first-order chi connectivity index (χ1) is 21.4. The van der Waals surface area contributed by atoms with Crippen LogP contribution in [0.25, 0.3) is 16.6 Å². The van der Waals surface area contributed by atoms with Crippen LogP contribution in [-0.2, 0) is 10.2 Å². The van der Waals surface area contributed by atoms with Crippen molar-refractivity contribution in [3.8, 4) is 11.4 Å². The van der Waals surface area contributed by atoms with Crippen LogP contribution in [0.2, 0.25) is 0 Å². The number of aliphatic hydroxyl groups is 1. The molecule has 2 amide bonds. The average Bonchev–Trinajstić information content (AvgIpc) is 3.67. The van der Waals surface area contributed by atoms with Gasteiger partial charge in [0.1, 0.15) is 29.9 Å². The van der Waals surface area contributed by atoms with E-state index in [1.807, 2.05) is 39.0 Å². The Kier molecular flexibility index (Phi) is 8.84. The average molecular weight is 620 g/mol. The molecule has 1 aromatic heterocycles. The number of hydrogen-bond donors (Lipinski definition) is 3. The minimum Gasteiger partial charge on any atom is -0.496 e. The fraction of sp³-hybridized carbons (Fsp3) is 0.382. The summed E-state index contributed by atoms with van der Waals surface area (Å²) in [6.45, 7) is 4.87. The second kappa shape index (κ2) is 12.5. The van der Waals surface area contributed by atoms with Crippen LogP contribution in [0.1, 0.15) is 54.6 Å². The van der Waals surface area contributed by atoms with Gasteiger partial charge in [-0.05, 0) is 85.7 Å². The van der Waals surface area contributed by atoms with Gasteiger partial charge >= 0.3 is 0 Å². The number of benzene rings is 3. The highest BCUT2D eigenvalue weighted by atomic mass is 19.1. The van der Waals surface area contributed by atoms with E-state index in [1.54, 1.807) is 29.1 Å². The molecule has 4 aromatic rings. The molecule has 0 bridgehead atoms. The zero-order valence-electron chi connectivity index (χ0n) is 25.9. The van der Waals surface area contributed by atoms with Crippen molar-refractivity contribution in [2.24, 2.45) is 5.73 Å². The number of halogens is 2. The molecule has 1 saturated heterocycles. The second-order valence-corrected chi connectivity index (χ2v) is 12.5. The molecule has 0 radical (unpaired) electrons. The summed E-state index contributed by atoms with van der Waals surface area (Å²) in [5.41, 5.74) is 6.82. The molecular formula is C34H39F2N5O4.